The highest BCUT2D eigenvalue weighted by Crippen LogP contribution is 2.32. The van der Waals surface area contributed by atoms with Crippen LogP contribution in [0.3, 0.4) is 0 Å². The summed E-state index contributed by atoms with van der Waals surface area (Å²) in [4.78, 5) is 28.2. The minimum Gasteiger partial charge on any atom is -0.340 e. The van der Waals surface area contributed by atoms with Gasteiger partial charge in [-0.05, 0) is 30.2 Å². The molecule has 0 bridgehead atoms. The maximum Gasteiger partial charge on any atom is 0.266 e. The molecule has 6 nitrogen and oxygen atoms in total. The molecule has 2 aliphatic rings. The number of carbonyl (C=O) groups is 2. The lowest BCUT2D eigenvalue weighted by Crippen LogP contribution is -2.45. The van der Waals surface area contributed by atoms with E-state index in [-0.39, 0.29) is 35.9 Å². The molecule has 10 heteroatoms. The van der Waals surface area contributed by atoms with E-state index in [1.165, 1.54) is 9.80 Å². The molecule has 2 amide bonds. The van der Waals surface area contributed by atoms with E-state index in [4.69, 9.17) is 23.8 Å². The molecular weight excluding hydrogens is 428 g/mol. The minimum atomic E-state index is -3.09. The van der Waals surface area contributed by atoms with Gasteiger partial charge in [-0.2, -0.15) is 0 Å². The van der Waals surface area contributed by atoms with Gasteiger partial charge in [0.15, 0.2) is 9.84 Å². The van der Waals surface area contributed by atoms with Crippen molar-refractivity contribution >= 4 is 67.6 Å². The standard InChI is InChI=1S/C17H17ClN2O4S3/c1-19(13-6-7-27(23,24)10-13)15(21)9-20-16(22)14(26-17(20)25)8-11-2-4-12(18)5-3-11/h2-5,8,13H,6-7,9-10H2,1H3/b14-8-/t13-/m1/s1. The molecule has 0 unspecified atom stereocenters. The smallest absolute Gasteiger partial charge is 0.266 e. The van der Waals surface area contributed by atoms with Crippen LogP contribution < -0.4 is 0 Å². The van der Waals surface area contributed by atoms with Crippen molar-refractivity contribution in [1.82, 2.24) is 9.80 Å². The van der Waals surface area contributed by atoms with Gasteiger partial charge < -0.3 is 4.90 Å². The van der Waals surface area contributed by atoms with Crippen molar-refractivity contribution in [2.24, 2.45) is 0 Å². The summed E-state index contributed by atoms with van der Waals surface area (Å²) in [6, 6.07) is 6.67. The molecule has 0 N–H and O–H groups in total. The van der Waals surface area contributed by atoms with Crippen molar-refractivity contribution in [2.45, 2.75) is 12.5 Å². The first-order valence-electron chi connectivity index (χ1n) is 8.13. The summed E-state index contributed by atoms with van der Waals surface area (Å²) in [6.07, 6.45) is 2.12. The molecule has 2 aliphatic heterocycles. The molecule has 0 saturated carbocycles. The van der Waals surface area contributed by atoms with E-state index >= 15 is 0 Å². The third-order valence-corrected chi connectivity index (χ3v) is 7.86. The number of thioether (sulfide) groups is 1. The predicted octanol–water partition coefficient (Wildman–Crippen LogP) is 2.19. The number of hydrogen-bond acceptors (Lipinski definition) is 6. The molecule has 2 heterocycles. The fraction of sp³-hybridized carbons (Fsp3) is 0.353. The third kappa shape index (κ3) is 4.71. The monoisotopic (exact) mass is 444 g/mol. The third-order valence-electron chi connectivity index (χ3n) is 4.48. The average molecular weight is 445 g/mol. The molecule has 2 saturated heterocycles. The molecule has 1 aromatic rings. The first-order chi connectivity index (χ1) is 12.7. The normalized spacial score (nSPS) is 23.3. The lowest BCUT2D eigenvalue weighted by molar-refractivity contribution is -0.135. The lowest BCUT2D eigenvalue weighted by Gasteiger charge is -2.25. The second kappa shape index (κ2) is 7.90. The predicted molar refractivity (Wildman–Crippen MR) is 111 cm³/mol. The zero-order valence-corrected chi connectivity index (χ0v) is 17.6. The molecular formula is C17H17ClN2O4S3. The van der Waals surface area contributed by atoms with Crippen molar-refractivity contribution in [1.29, 1.82) is 0 Å². The van der Waals surface area contributed by atoms with E-state index in [1.807, 2.05) is 0 Å². The number of nitrogens with zero attached hydrogens (tertiary/aromatic N) is 2. The molecule has 2 fully saturated rings. The van der Waals surface area contributed by atoms with Gasteiger partial charge in [0.2, 0.25) is 5.91 Å². The summed E-state index contributed by atoms with van der Waals surface area (Å²) in [5, 5.41) is 0.599. The molecule has 0 spiro atoms. The van der Waals surface area contributed by atoms with E-state index in [1.54, 1.807) is 37.4 Å². The Bertz CT molecular complexity index is 928. The van der Waals surface area contributed by atoms with E-state index in [0.717, 1.165) is 17.3 Å². The van der Waals surface area contributed by atoms with Gasteiger partial charge >= 0.3 is 0 Å². The number of amides is 2. The van der Waals surface area contributed by atoms with Crippen molar-refractivity contribution in [2.75, 3.05) is 25.1 Å². The van der Waals surface area contributed by atoms with Crippen LogP contribution in [0, 0.1) is 0 Å². The highest BCUT2D eigenvalue weighted by molar-refractivity contribution is 8.26. The van der Waals surface area contributed by atoms with Gasteiger partial charge in [0.1, 0.15) is 10.9 Å². The molecule has 0 aliphatic carbocycles. The number of carbonyl (C=O) groups excluding carboxylic acids is 2. The first-order valence-corrected chi connectivity index (χ1v) is 11.6. The van der Waals surface area contributed by atoms with Crippen LogP contribution in [0.15, 0.2) is 29.2 Å². The van der Waals surface area contributed by atoms with Crippen LogP contribution in [0.25, 0.3) is 6.08 Å². The van der Waals surface area contributed by atoms with Crippen LogP contribution >= 0.6 is 35.6 Å². The van der Waals surface area contributed by atoms with Crippen molar-refractivity contribution < 1.29 is 18.0 Å². The molecule has 1 atom stereocenters. The van der Waals surface area contributed by atoms with Crippen LogP contribution in [-0.4, -0.2) is 65.5 Å². The van der Waals surface area contributed by atoms with Gasteiger partial charge in [-0.3, -0.25) is 14.5 Å². The molecule has 27 heavy (non-hydrogen) atoms. The zero-order chi connectivity index (χ0) is 19.8. The SMILES string of the molecule is CN(C(=O)CN1C(=O)/C(=C/c2ccc(Cl)cc2)SC1=S)[C@@H]1CCS(=O)(=O)C1. The molecule has 3 rings (SSSR count). The molecule has 0 radical (unpaired) electrons. The van der Waals surface area contributed by atoms with Gasteiger partial charge in [0.05, 0.1) is 16.4 Å². The molecule has 1 aromatic carbocycles. The zero-order valence-electron chi connectivity index (χ0n) is 14.4. The fourth-order valence-corrected chi connectivity index (χ4v) is 6.03. The summed E-state index contributed by atoms with van der Waals surface area (Å²) in [5.41, 5.74) is 0.805. The largest absolute Gasteiger partial charge is 0.340 e. The van der Waals surface area contributed by atoms with Crippen LogP contribution in [0.5, 0.6) is 0 Å². The highest BCUT2D eigenvalue weighted by Gasteiger charge is 2.37. The van der Waals surface area contributed by atoms with Crippen molar-refractivity contribution in [3.63, 3.8) is 0 Å². The number of benzene rings is 1. The van der Waals surface area contributed by atoms with Gasteiger partial charge in [-0.15, -0.1) is 0 Å². The van der Waals surface area contributed by atoms with Crippen LogP contribution in [0.2, 0.25) is 5.02 Å². The van der Waals surface area contributed by atoms with E-state index in [2.05, 4.69) is 0 Å². The Morgan fingerprint density at radius 2 is 2.07 bits per heavy atom. The summed E-state index contributed by atoms with van der Waals surface area (Å²) in [7, 11) is -1.53. The van der Waals surface area contributed by atoms with Crippen LogP contribution in [0.1, 0.15) is 12.0 Å². The lowest BCUT2D eigenvalue weighted by atomic mass is 10.2. The van der Waals surface area contributed by atoms with E-state index in [9.17, 15) is 18.0 Å². The van der Waals surface area contributed by atoms with Gasteiger partial charge in [-0.25, -0.2) is 8.42 Å². The van der Waals surface area contributed by atoms with Gasteiger partial charge in [0, 0.05) is 18.1 Å². The van der Waals surface area contributed by atoms with E-state index in [0.29, 0.717) is 20.7 Å². The molecule has 0 aromatic heterocycles. The Labute approximate surface area is 172 Å². The number of sulfone groups is 1. The van der Waals surface area contributed by atoms with Gasteiger partial charge in [-0.1, -0.05) is 47.7 Å². The fourth-order valence-electron chi connectivity index (χ4n) is 2.88. The Morgan fingerprint density at radius 1 is 1.41 bits per heavy atom. The number of thiocarbonyl (C=S) groups is 1. The summed E-state index contributed by atoms with van der Waals surface area (Å²) in [6.45, 7) is -0.199. The maximum atomic E-state index is 12.6. The maximum absolute atomic E-state index is 12.6. The number of likely N-dealkylation sites (N-methyl/N-ethyl adjacent to an activating group) is 1. The number of hydrogen-bond donors (Lipinski definition) is 0. The van der Waals surface area contributed by atoms with Crippen molar-refractivity contribution in [3.05, 3.63) is 39.8 Å². The second-order valence-electron chi connectivity index (χ2n) is 6.38. The van der Waals surface area contributed by atoms with Crippen LogP contribution in [-0.2, 0) is 19.4 Å². The van der Waals surface area contributed by atoms with Gasteiger partial charge in [0.25, 0.3) is 5.91 Å². The first kappa shape index (κ1) is 20.3. The Hall–Kier alpha value is -1.42. The highest BCUT2D eigenvalue weighted by atomic mass is 35.5. The number of halogens is 1. The quantitative estimate of drug-likeness (QED) is 0.523. The summed E-state index contributed by atoms with van der Waals surface area (Å²) < 4.78 is 23.5. The number of rotatable bonds is 4. The van der Waals surface area contributed by atoms with E-state index < -0.39 is 9.84 Å². The van der Waals surface area contributed by atoms with Crippen molar-refractivity contribution in [3.8, 4) is 0 Å². The second-order valence-corrected chi connectivity index (χ2v) is 10.7. The Kier molecular flexibility index (Phi) is 5.95. The summed E-state index contributed by atoms with van der Waals surface area (Å²) in [5.74, 6) is -0.619. The molecule has 144 valence electrons. The Balaban J connectivity index is 1.68. The topological polar surface area (TPSA) is 74.8 Å². The summed E-state index contributed by atoms with van der Waals surface area (Å²) >= 11 is 12.2. The van der Waals surface area contributed by atoms with Crippen LogP contribution in [0.4, 0.5) is 0 Å². The minimum absolute atomic E-state index is 0.0376. The average Bonchev–Trinajstić information content (AvgIpc) is 3.10. The Morgan fingerprint density at radius 3 is 2.67 bits per heavy atom.